The first kappa shape index (κ1) is 12.1. The number of alkyl halides is 1. The SMILES string of the molecule is Cc1cc(C(=O)N(C)CCBr)c(C)nn1. The number of halogens is 1. The van der Waals surface area contributed by atoms with Crippen LogP contribution < -0.4 is 0 Å². The summed E-state index contributed by atoms with van der Waals surface area (Å²) < 4.78 is 0. The molecule has 1 heterocycles. The van der Waals surface area contributed by atoms with E-state index in [2.05, 4.69) is 26.1 Å². The third kappa shape index (κ3) is 2.99. The van der Waals surface area contributed by atoms with E-state index in [9.17, 15) is 4.79 Å². The van der Waals surface area contributed by atoms with Gasteiger partial charge >= 0.3 is 0 Å². The monoisotopic (exact) mass is 271 g/mol. The topological polar surface area (TPSA) is 46.1 Å². The Bertz CT molecular complexity index is 368. The third-order valence-electron chi connectivity index (χ3n) is 2.10. The average Bonchev–Trinajstić information content (AvgIpc) is 2.21. The highest BCUT2D eigenvalue weighted by Gasteiger charge is 2.14. The van der Waals surface area contributed by atoms with Crippen LogP contribution >= 0.6 is 15.9 Å². The average molecular weight is 272 g/mol. The number of hydrogen-bond donors (Lipinski definition) is 0. The lowest BCUT2D eigenvalue weighted by molar-refractivity contribution is 0.0802. The highest BCUT2D eigenvalue weighted by atomic mass is 79.9. The molecule has 0 spiro atoms. The predicted molar refractivity (Wildman–Crippen MR) is 62.3 cm³/mol. The van der Waals surface area contributed by atoms with E-state index in [0.717, 1.165) is 11.0 Å². The molecule has 0 bridgehead atoms. The molecule has 82 valence electrons. The van der Waals surface area contributed by atoms with Gasteiger partial charge in [0.05, 0.1) is 17.0 Å². The molecule has 0 aliphatic rings. The first-order valence-electron chi connectivity index (χ1n) is 4.68. The van der Waals surface area contributed by atoms with E-state index in [1.165, 1.54) is 0 Å². The van der Waals surface area contributed by atoms with Gasteiger partial charge in [-0.2, -0.15) is 10.2 Å². The molecule has 0 saturated heterocycles. The molecule has 0 aliphatic carbocycles. The van der Waals surface area contributed by atoms with Crippen molar-refractivity contribution in [3.63, 3.8) is 0 Å². The molecule has 0 N–H and O–H groups in total. The van der Waals surface area contributed by atoms with Crippen molar-refractivity contribution in [1.29, 1.82) is 0 Å². The van der Waals surface area contributed by atoms with Crippen molar-refractivity contribution in [3.8, 4) is 0 Å². The minimum Gasteiger partial charge on any atom is -0.341 e. The van der Waals surface area contributed by atoms with Crippen molar-refractivity contribution in [1.82, 2.24) is 15.1 Å². The standard InChI is InChI=1S/C10H14BrN3O/c1-7-6-9(8(2)13-12-7)10(15)14(3)5-4-11/h6H,4-5H2,1-3H3. The maximum atomic E-state index is 11.9. The summed E-state index contributed by atoms with van der Waals surface area (Å²) in [5.74, 6) is -0.00931. The van der Waals surface area contributed by atoms with Crippen LogP contribution in [0, 0.1) is 13.8 Å². The van der Waals surface area contributed by atoms with E-state index in [4.69, 9.17) is 0 Å². The maximum Gasteiger partial charge on any atom is 0.255 e. The normalized spacial score (nSPS) is 10.1. The van der Waals surface area contributed by atoms with Crippen molar-refractivity contribution >= 4 is 21.8 Å². The Hall–Kier alpha value is -0.970. The van der Waals surface area contributed by atoms with E-state index >= 15 is 0 Å². The fourth-order valence-electron chi connectivity index (χ4n) is 1.20. The van der Waals surface area contributed by atoms with Crippen molar-refractivity contribution in [2.24, 2.45) is 0 Å². The molecule has 0 aliphatic heterocycles. The molecule has 1 aromatic rings. The van der Waals surface area contributed by atoms with E-state index in [1.54, 1.807) is 24.9 Å². The Balaban J connectivity index is 2.95. The lowest BCUT2D eigenvalue weighted by atomic mass is 10.2. The van der Waals surface area contributed by atoms with Crippen LogP contribution in [0.5, 0.6) is 0 Å². The van der Waals surface area contributed by atoms with Gasteiger partial charge < -0.3 is 4.90 Å². The molecule has 1 amide bonds. The number of rotatable bonds is 3. The van der Waals surface area contributed by atoms with Gasteiger partial charge in [-0.05, 0) is 19.9 Å². The van der Waals surface area contributed by atoms with Gasteiger partial charge in [0, 0.05) is 18.9 Å². The van der Waals surface area contributed by atoms with Crippen LogP contribution in [-0.2, 0) is 0 Å². The summed E-state index contributed by atoms with van der Waals surface area (Å²) in [5, 5.41) is 8.60. The first-order valence-corrected chi connectivity index (χ1v) is 5.80. The zero-order valence-electron chi connectivity index (χ0n) is 9.12. The zero-order valence-corrected chi connectivity index (χ0v) is 10.7. The zero-order chi connectivity index (χ0) is 11.4. The summed E-state index contributed by atoms with van der Waals surface area (Å²) in [5.41, 5.74) is 2.06. The van der Waals surface area contributed by atoms with Gasteiger partial charge in [0.25, 0.3) is 5.91 Å². The molecular weight excluding hydrogens is 258 g/mol. The summed E-state index contributed by atoms with van der Waals surface area (Å²) in [6.45, 7) is 4.30. The van der Waals surface area contributed by atoms with Crippen LogP contribution in [0.25, 0.3) is 0 Å². The number of carbonyl (C=O) groups excluding carboxylic acids is 1. The van der Waals surface area contributed by atoms with Gasteiger partial charge in [-0.15, -0.1) is 0 Å². The van der Waals surface area contributed by atoms with Crippen LogP contribution in [0.4, 0.5) is 0 Å². The highest BCUT2D eigenvalue weighted by Crippen LogP contribution is 2.08. The minimum atomic E-state index is -0.00931. The van der Waals surface area contributed by atoms with Crippen LogP contribution in [0.3, 0.4) is 0 Å². The van der Waals surface area contributed by atoms with Crippen LogP contribution in [0.15, 0.2) is 6.07 Å². The van der Waals surface area contributed by atoms with Crippen molar-refractivity contribution in [3.05, 3.63) is 23.0 Å². The number of amides is 1. The molecule has 4 nitrogen and oxygen atoms in total. The summed E-state index contributed by atoms with van der Waals surface area (Å²) in [7, 11) is 1.78. The van der Waals surface area contributed by atoms with Crippen LogP contribution in [0.2, 0.25) is 0 Å². The Morgan fingerprint density at radius 1 is 1.47 bits per heavy atom. The Morgan fingerprint density at radius 2 is 2.13 bits per heavy atom. The van der Waals surface area contributed by atoms with Gasteiger partial charge in [-0.1, -0.05) is 15.9 Å². The van der Waals surface area contributed by atoms with E-state index in [1.807, 2.05) is 6.92 Å². The largest absolute Gasteiger partial charge is 0.341 e. The maximum absolute atomic E-state index is 11.9. The highest BCUT2D eigenvalue weighted by molar-refractivity contribution is 9.09. The van der Waals surface area contributed by atoms with Gasteiger partial charge in [-0.25, -0.2) is 0 Å². The second kappa shape index (κ2) is 5.21. The van der Waals surface area contributed by atoms with Gasteiger partial charge in [-0.3, -0.25) is 4.79 Å². The van der Waals surface area contributed by atoms with Gasteiger partial charge in [0.15, 0.2) is 0 Å². The van der Waals surface area contributed by atoms with Crippen LogP contribution in [-0.4, -0.2) is 39.9 Å². The molecule has 0 atom stereocenters. The number of carbonyl (C=O) groups is 1. The molecule has 0 fully saturated rings. The Morgan fingerprint density at radius 3 is 2.73 bits per heavy atom. The summed E-state index contributed by atoms with van der Waals surface area (Å²) in [6.07, 6.45) is 0. The van der Waals surface area contributed by atoms with E-state index in [0.29, 0.717) is 17.8 Å². The Kier molecular flexibility index (Phi) is 4.20. The molecule has 5 heteroatoms. The van der Waals surface area contributed by atoms with E-state index < -0.39 is 0 Å². The van der Waals surface area contributed by atoms with E-state index in [-0.39, 0.29) is 5.91 Å². The fraction of sp³-hybridized carbons (Fsp3) is 0.500. The lowest BCUT2D eigenvalue weighted by Crippen LogP contribution is -2.29. The first-order chi connectivity index (χ1) is 7.06. The lowest BCUT2D eigenvalue weighted by Gasteiger charge is -2.16. The summed E-state index contributed by atoms with van der Waals surface area (Å²) >= 11 is 3.30. The second-order valence-electron chi connectivity index (χ2n) is 3.40. The third-order valence-corrected chi connectivity index (χ3v) is 2.45. The molecule has 1 rings (SSSR count). The van der Waals surface area contributed by atoms with Crippen molar-refractivity contribution in [2.45, 2.75) is 13.8 Å². The summed E-state index contributed by atoms with van der Waals surface area (Å²) in [4.78, 5) is 13.6. The quantitative estimate of drug-likeness (QED) is 0.784. The van der Waals surface area contributed by atoms with Crippen molar-refractivity contribution in [2.75, 3.05) is 18.9 Å². The number of aromatic nitrogens is 2. The van der Waals surface area contributed by atoms with Crippen molar-refractivity contribution < 1.29 is 4.79 Å². The molecule has 0 radical (unpaired) electrons. The summed E-state index contributed by atoms with van der Waals surface area (Å²) in [6, 6.07) is 1.77. The smallest absolute Gasteiger partial charge is 0.255 e. The van der Waals surface area contributed by atoms with Crippen LogP contribution in [0.1, 0.15) is 21.7 Å². The molecule has 15 heavy (non-hydrogen) atoms. The molecular formula is C10H14BrN3O. The predicted octanol–water partition coefficient (Wildman–Crippen LogP) is 1.56. The molecule has 0 unspecified atom stereocenters. The van der Waals surface area contributed by atoms with Gasteiger partial charge in [0.2, 0.25) is 0 Å². The second-order valence-corrected chi connectivity index (χ2v) is 4.19. The number of nitrogens with zero attached hydrogens (tertiary/aromatic N) is 3. The molecule has 0 saturated carbocycles. The molecule has 0 aromatic carbocycles. The number of aryl methyl sites for hydroxylation is 2. The Labute approximate surface area is 97.8 Å². The van der Waals surface area contributed by atoms with Gasteiger partial charge in [0.1, 0.15) is 0 Å². The fourth-order valence-corrected chi connectivity index (χ4v) is 1.73. The number of hydrogen-bond acceptors (Lipinski definition) is 3. The molecule has 1 aromatic heterocycles. The minimum absolute atomic E-state index is 0.00931.